The summed E-state index contributed by atoms with van der Waals surface area (Å²) in [4.78, 5) is 13.3. The summed E-state index contributed by atoms with van der Waals surface area (Å²) >= 11 is 0. The van der Waals surface area contributed by atoms with Crippen LogP contribution in [-0.4, -0.2) is 30.0 Å². The molecule has 0 amide bonds. The normalized spacial score (nSPS) is 16.3. The highest BCUT2D eigenvalue weighted by Crippen LogP contribution is 2.29. The molecule has 1 aliphatic rings. The van der Waals surface area contributed by atoms with Crippen molar-refractivity contribution in [3.05, 3.63) is 65.4 Å². The van der Waals surface area contributed by atoms with E-state index in [2.05, 4.69) is 28.9 Å². The summed E-state index contributed by atoms with van der Waals surface area (Å²) in [6, 6.07) is 16.0. The van der Waals surface area contributed by atoms with Crippen LogP contribution < -0.4 is 10.1 Å². The third kappa shape index (κ3) is 3.60. The zero-order valence-corrected chi connectivity index (χ0v) is 16.5. The lowest BCUT2D eigenvalue weighted by Gasteiger charge is -2.14. The van der Waals surface area contributed by atoms with E-state index >= 15 is 0 Å². The second kappa shape index (κ2) is 8.15. The lowest BCUT2D eigenvalue weighted by molar-refractivity contribution is 0.103. The number of nitrogens with zero attached hydrogens (tertiary/aromatic N) is 1. The van der Waals surface area contributed by atoms with Gasteiger partial charge >= 0.3 is 0 Å². The Morgan fingerprint density at radius 3 is 2.59 bits per heavy atom. The minimum Gasteiger partial charge on any atom is -0.497 e. The van der Waals surface area contributed by atoms with Gasteiger partial charge in [-0.1, -0.05) is 18.2 Å². The number of ether oxygens (including phenoxy) is 1. The van der Waals surface area contributed by atoms with Gasteiger partial charge in [-0.3, -0.25) is 4.79 Å². The Kier molecular flexibility index (Phi) is 5.88. The van der Waals surface area contributed by atoms with Crippen molar-refractivity contribution >= 4 is 29.1 Å². The molecule has 0 spiro atoms. The van der Waals surface area contributed by atoms with E-state index in [4.69, 9.17) is 4.74 Å². The number of benzene rings is 2. The highest BCUT2D eigenvalue weighted by Gasteiger charge is 2.23. The average molecular weight is 385 g/mol. The van der Waals surface area contributed by atoms with Gasteiger partial charge < -0.3 is 14.6 Å². The maximum atomic E-state index is 13.3. The van der Waals surface area contributed by atoms with Gasteiger partial charge in [0, 0.05) is 34.7 Å². The minimum absolute atomic E-state index is 0. The Bertz CT molecular complexity index is 941. The first-order valence-electron chi connectivity index (χ1n) is 9.19. The van der Waals surface area contributed by atoms with E-state index in [1.807, 2.05) is 36.4 Å². The molecule has 4 rings (SSSR count). The second-order valence-electron chi connectivity index (χ2n) is 6.94. The zero-order valence-electron chi connectivity index (χ0n) is 15.7. The number of carbonyl (C=O) groups is 1. The summed E-state index contributed by atoms with van der Waals surface area (Å²) in [5.41, 5.74) is 3.68. The van der Waals surface area contributed by atoms with Crippen LogP contribution in [0, 0.1) is 6.92 Å². The standard InChI is InChI=1S/C22H24N2O2.ClH/c1-15-21(22(25)16-9-11-18(26-2)12-10-16)19-7-3-4-8-20(19)24(15)14-17-6-5-13-23-17;/h3-4,7-12,17,23H,5-6,13-14H2,1-2H3;1H. The molecule has 5 heteroatoms. The molecule has 0 aliphatic carbocycles. The van der Waals surface area contributed by atoms with Crippen LogP contribution in [0.4, 0.5) is 0 Å². The summed E-state index contributed by atoms with van der Waals surface area (Å²) in [5.74, 6) is 0.826. The third-order valence-electron chi connectivity index (χ3n) is 5.38. The minimum atomic E-state index is 0. The number of methoxy groups -OCH3 is 1. The van der Waals surface area contributed by atoms with Gasteiger partial charge in [0.05, 0.1) is 12.7 Å². The molecule has 1 unspecified atom stereocenters. The van der Waals surface area contributed by atoms with Crippen molar-refractivity contribution in [3.8, 4) is 5.75 Å². The van der Waals surface area contributed by atoms with E-state index in [1.165, 1.54) is 12.8 Å². The maximum absolute atomic E-state index is 13.3. The number of carbonyl (C=O) groups excluding carboxylic acids is 1. The second-order valence-corrected chi connectivity index (χ2v) is 6.94. The molecule has 0 radical (unpaired) electrons. The molecule has 142 valence electrons. The number of halogens is 1. The van der Waals surface area contributed by atoms with E-state index < -0.39 is 0 Å². The number of para-hydroxylation sites is 1. The van der Waals surface area contributed by atoms with Crippen LogP contribution in [0.3, 0.4) is 0 Å². The lowest BCUT2D eigenvalue weighted by Crippen LogP contribution is -2.27. The summed E-state index contributed by atoms with van der Waals surface area (Å²) < 4.78 is 7.51. The van der Waals surface area contributed by atoms with Gasteiger partial charge in [-0.2, -0.15) is 0 Å². The van der Waals surface area contributed by atoms with Gasteiger partial charge in [-0.05, 0) is 56.6 Å². The van der Waals surface area contributed by atoms with E-state index in [0.29, 0.717) is 11.6 Å². The van der Waals surface area contributed by atoms with Gasteiger partial charge in [0.15, 0.2) is 5.78 Å². The van der Waals surface area contributed by atoms with Crippen molar-refractivity contribution in [2.24, 2.45) is 0 Å². The average Bonchev–Trinajstić information content (AvgIpc) is 3.29. The number of aromatic nitrogens is 1. The first-order valence-corrected chi connectivity index (χ1v) is 9.19. The third-order valence-corrected chi connectivity index (χ3v) is 5.38. The van der Waals surface area contributed by atoms with Gasteiger partial charge in [-0.15, -0.1) is 12.4 Å². The number of nitrogens with one attached hydrogen (secondary N) is 1. The van der Waals surface area contributed by atoms with Crippen LogP contribution in [0.5, 0.6) is 5.75 Å². The largest absolute Gasteiger partial charge is 0.497 e. The number of ketones is 1. The molecule has 0 saturated carbocycles. The number of fused-ring (bicyclic) bond motifs is 1. The zero-order chi connectivity index (χ0) is 18.1. The Morgan fingerprint density at radius 2 is 1.93 bits per heavy atom. The van der Waals surface area contributed by atoms with E-state index in [9.17, 15) is 4.79 Å². The fourth-order valence-corrected chi connectivity index (χ4v) is 3.97. The van der Waals surface area contributed by atoms with Crippen molar-refractivity contribution in [1.29, 1.82) is 0 Å². The highest BCUT2D eigenvalue weighted by atomic mass is 35.5. The predicted molar refractivity (Wildman–Crippen MR) is 111 cm³/mol. The first kappa shape index (κ1) is 19.5. The molecule has 4 nitrogen and oxygen atoms in total. The van der Waals surface area contributed by atoms with Crippen molar-refractivity contribution in [3.63, 3.8) is 0 Å². The Morgan fingerprint density at radius 1 is 1.19 bits per heavy atom. The molecule has 1 N–H and O–H groups in total. The fraction of sp³-hybridized carbons (Fsp3) is 0.318. The summed E-state index contributed by atoms with van der Waals surface area (Å²) in [6.07, 6.45) is 2.41. The van der Waals surface area contributed by atoms with Crippen LogP contribution in [0.2, 0.25) is 0 Å². The molecule has 2 heterocycles. The Labute approximate surface area is 165 Å². The molecule has 1 atom stereocenters. The Hall–Kier alpha value is -2.30. The fourth-order valence-electron chi connectivity index (χ4n) is 3.97. The number of rotatable bonds is 5. The molecule has 0 bridgehead atoms. The van der Waals surface area contributed by atoms with Crippen LogP contribution in [-0.2, 0) is 6.54 Å². The van der Waals surface area contributed by atoms with Crippen molar-refractivity contribution < 1.29 is 9.53 Å². The smallest absolute Gasteiger partial charge is 0.195 e. The summed E-state index contributed by atoms with van der Waals surface area (Å²) in [7, 11) is 1.63. The quantitative estimate of drug-likeness (QED) is 0.664. The molecule has 1 saturated heterocycles. The molecule has 2 aromatic carbocycles. The molecular weight excluding hydrogens is 360 g/mol. The van der Waals surface area contributed by atoms with Crippen molar-refractivity contribution in [2.75, 3.05) is 13.7 Å². The molecular formula is C22H25ClN2O2. The SMILES string of the molecule is COc1ccc(C(=O)c2c(C)n(CC3CCCN3)c3ccccc23)cc1.Cl. The Balaban J connectivity index is 0.00000210. The van der Waals surface area contributed by atoms with E-state index in [-0.39, 0.29) is 18.2 Å². The van der Waals surface area contributed by atoms with Crippen LogP contribution in [0.25, 0.3) is 10.9 Å². The molecule has 27 heavy (non-hydrogen) atoms. The molecule has 1 aliphatic heterocycles. The van der Waals surface area contributed by atoms with Crippen LogP contribution in [0.1, 0.15) is 34.5 Å². The maximum Gasteiger partial charge on any atom is 0.195 e. The molecule has 1 aromatic heterocycles. The summed E-state index contributed by atoms with van der Waals surface area (Å²) in [5, 5.41) is 4.59. The number of hydrogen-bond acceptors (Lipinski definition) is 3. The summed E-state index contributed by atoms with van der Waals surface area (Å²) in [6.45, 7) is 4.05. The lowest BCUT2D eigenvalue weighted by atomic mass is 10.0. The molecule has 1 fully saturated rings. The van der Waals surface area contributed by atoms with Gasteiger partial charge in [0.25, 0.3) is 0 Å². The molecule has 3 aromatic rings. The number of hydrogen-bond donors (Lipinski definition) is 1. The highest BCUT2D eigenvalue weighted by molar-refractivity contribution is 6.17. The topological polar surface area (TPSA) is 43.3 Å². The van der Waals surface area contributed by atoms with Crippen LogP contribution >= 0.6 is 12.4 Å². The van der Waals surface area contributed by atoms with E-state index in [1.54, 1.807) is 7.11 Å². The van der Waals surface area contributed by atoms with Crippen molar-refractivity contribution in [2.45, 2.75) is 32.4 Å². The van der Waals surface area contributed by atoms with E-state index in [0.717, 1.165) is 41.0 Å². The van der Waals surface area contributed by atoms with Crippen molar-refractivity contribution in [1.82, 2.24) is 9.88 Å². The van der Waals surface area contributed by atoms with Gasteiger partial charge in [-0.25, -0.2) is 0 Å². The van der Waals surface area contributed by atoms with Gasteiger partial charge in [0.1, 0.15) is 5.75 Å². The first-order chi connectivity index (χ1) is 12.7. The predicted octanol–water partition coefficient (Wildman–Crippen LogP) is 4.36. The van der Waals surface area contributed by atoms with Crippen LogP contribution in [0.15, 0.2) is 48.5 Å². The monoisotopic (exact) mass is 384 g/mol. The van der Waals surface area contributed by atoms with Gasteiger partial charge in [0.2, 0.25) is 0 Å².